The van der Waals surface area contributed by atoms with Gasteiger partial charge in [-0.05, 0) is 42.4 Å². The lowest BCUT2D eigenvalue weighted by Crippen LogP contribution is -2.36. The second-order valence-corrected chi connectivity index (χ2v) is 7.54. The minimum absolute atomic E-state index is 0.0568. The van der Waals surface area contributed by atoms with Crippen LogP contribution in [0.15, 0.2) is 58.1 Å². The number of alkyl halides is 3. The Kier molecular flexibility index (Phi) is 6.20. The Hall–Kier alpha value is -3.21. The van der Waals surface area contributed by atoms with Gasteiger partial charge in [0.15, 0.2) is 11.7 Å². The van der Waals surface area contributed by atoms with Crippen LogP contribution < -0.4 is 19.8 Å². The summed E-state index contributed by atoms with van der Waals surface area (Å²) in [6.45, 7) is 3.40. The van der Waals surface area contributed by atoms with Gasteiger partial charge in [-0.3, -0.25) is 4.79 Å². The number of ether oxygens (including phenoxy) is 1. The van der Waals surface area contributed by atoms with Crippen molar-refractivity contribution in [1.29, 1.82) is 0 Å². The maximum atomic E-state index is 12.6. The third kappa shape index (κ3) is 5.23. The molecule has 1 heterocycles. The molecule has 30 heavy (non-hydrogen) atoms. The summed E-state index contributed by atoms with van der Waals surface area (Å²) in [6.07, 6.45) is -4.90. The van der Waals surface area contributed by atoms with Crippen LogP contribution in [-0.2, 0) is 4.79 Å². The Labute approximate surface area is 173 Å². The number of aryl methyl sites for hydroxylation is 1. The zero-order valence-corrected chi connectivity index (χ0v) is 16.6. The van der Waals surface area contributed by atoms with Gasteiger partial charge in [-0.15, -0.1) is 13.2 Å². The summed E-state index contributed by atoms with van der Waals surface area (Å²) >= 11 is 0.868. The van der Waals surface area contributed by atoms with Gasteiger partial charge in [0, 0.05) is 12.1 Å². The highest BCUT2D eigenvalue weighted by molar-refractivity contribution is 8.00. The molecule has 7 nitrogen and oxygen atoms in total. The molecule has 2 aromatic carbocycles. The van der Waals surface area contributed by atoms with Gasteiger partial charge in [0.25, 0.3) is 5.03 Å². The zero-order valence-electron chi connectivity index (χ0n) is 15.8. The Morgan fingerprint density at radius 2 is 1.90 bits per heavy atom. The molecule has 3 aromatic rings. The van der Waals surface area contributed by atoms with E-state index in [0.29, 0.717) is 5.69 Å². The number of nitrogens with zero attached hydrogens (tertiary/aromatic N) is 2. The van der Waals surface area contributed by atoms with Crippen LogP contribution in [0.5, 0.6) is 11.7 Å². The molecular formula is C19H16F3N3O4S. The molecule has 0 aliphatic carbocycles. The first-order valence-electron chi connectivity index (χ1n) is 8.62. The number of anilines is 1. The minimum Gasteiger partial charge on any atom is -0.538 e. The monoisotopic (exact) mass is 439 g/mol. The van der Waals surface area contributed by atoms with Crippen molar-refractivity contribution in [2.75, 3.05) is 5.32 Å². The predicted molar refractivity (Wildman–Crippen MR) is 99.3 cm³/mol. The highest BCUT2D eigenvalue weighted by Gasteiger charge is 2.33. The summed E-state index contributed by atoms with van der Waals surface area (Å²) in [6, 6.07) is 12.3. The molecular weight excluding hydrogens is 423 g/mol. The van der Waals surface area contributed by atoms with E-state index >= 15 is 0 Å². The number of nitrogens with one attached hydrogen (secondary N) is 1. The molecule has 1 atom stereocenters. The minimum atomic E-state index is -4.90. The average molecular weight is 439 g/mol. The number of para-hydroxylation sites is 2. The van der Waals surface area contributed by atoms with E-state index in [1.807, 2.05) is 19.1 Å². The van der Waals surface area contributed by atoms with Crippen molar-refractivity contribution in [1.82, 2.24) is 5.27 Å². The van der Waals surface area contributed by atoms with Gasteiger partial charge in [-0.25, -0.2) is 0 Å². The Bertz CT molecular complexity index is 1040. The van der Waals surface area contributed by atoms with Crippen LogP contribution >= 0.6 is 11.8 Å². The fourth-order valence-corrected chi connectivity index (χ4v) is 3.30. The first-order valence-corrected chi connectivity index (χ1v) is 9.50. The van der Waals surface area contributed by atoms with Crippen molar-refractivity contribution in [2.24, 2.45) is 0 Å². The molecule has 0 saturated heterocycles. The van der Waals surface area contributed by atoms with Gasteiger partial charge < -0.3 is 19.7 Å². The maximum absolute atomic E-state index is 12.6. The van der Waals surface area contributed by atoms with E-state index in [-0.39, 0.29) is 10.7 Å². The van der Waals surface area contributed by atoms with E-state index in [1.54, 1.807) is 12.1 Å². The lowest BCUT2D eigenvalue weighted by atomic mass is 10.2. The maximum Gasteiger partial charge on any atom is 0.573 e. The highest BCUT2D eigenvalue weighted by atomic mass is 32.2. The second kappa shape index (κ2) is 8.66. The van der Waals surface area contributed by atoms with E-state index in [1.165, 1.54) is 29.8 Å². The molecule has 0 fully saturated rings. The Morgan fingerprint density at radius 3 is 2.57 bits per heavy atom. The summed E-state index contributed by atoms with van der Waals surface area (Å²) in [7, 11) is 0. The lowest BCUT2D eigenvalue weighted by Gasteiger charge is -2.15. The standard InChI is InChI=1S/C19H16F3N3O4S/c1-11-7-9-13(10-8-11)25-17(18(27)29-24-25)30-12(2)16(26)23-14-5-3-4-6-15(14)28-19(20,21)22/h3-10,12H,1-2H3,(H-,23,24,26,27). The Balaban J connectivity index is 1.76. The molecule has 11 heteroatoms. The van der Waals surface area contributed by atoms with Crippen LogP contribution in [0.2, 0.25) is 0 Å². The van der Waals surface area contributed by atoms with E-state index in [0.717, 1.165) is 23.4 Å². The molecule has 0 aliphatic rings. The van der Waals surface area contributed by atoms with Crippen LogP contribution in [0.1, 0.15) is 12.5 Å². The van der Waals surface area contributed by atoms with E-state index in [2.05, 4.69) is 15.3 Å². The molecule has 0 spiro atoms. The molecule has 1 unspecified atom stereocenters. The summed E-state index contributed by atoms with van der Waals surface area (Å²) in [4.78, 5) is 12.5. The van der Waals surface area contributed by atoms with Gasteiger partial charge in [0.1, 0.15) is 0 Å². The van der Waals surface area contributed by atoms with E-state index in [9.17, 15) is 23.1 Å². The van der Waals surface area contributed by atoms with E-state index < -0.39 is 29.2 Å². The number of halogens is 3. The van der Waals surface area contributed by atoms with Crippen molar-refractivity contribution >= 4 is 23.4 Å². The quantitative estimate of drug-likeness (QED) is 0.468. The molecule has 0 aliphatic heterocycles. The molecule has 1 N–H and O–H groups in total. The van der Waals surface area contributed by atoms with Crippen LogP contribution in [-0.4, -0.2) is 22.8 Å². The zero-order chi connectivity index (χ0) is 21.9. The number of carbonyl (C=O) groups excluding carboxylic acids is 1. The fourth-order valence-electron chi connectivity index (χ4n) is 2.43. The number of benzene rings is 2. The van der Waals surface area contributed by atoms with Gasteiger partial charge in [-0.1, -0.05) is 29.8 Å². The number of carbonyl (C=O) groups is 1. The van der Waals surface area contributed by atoms with Crippen molar-refractivity contribution in [2.45, 2.75) is 30.5 Å². The third-order valence-electron chi connectivity index (χ3n) is 3.88. The summed E-state index contributed by atoms with van der Waals surface area (Å²) in [5.74, 6) is -1.91. The first-order chi connectivity index (χ1) is 14.1. The van der Waals surface area contributed by atoms with Crippen molar-refractivity contribution in [3.63, 3.8) is 0 Å². The largest absolute Gasteiger partial charge is 0.573 e. The van der Waals surface area contributed by atoms with Crippen LogP contribution in [0, 0.1) is 6.92 Å². The number of hydrogen-bond acceptors (Lipinski definition) is 6. The fraction of sp³-hybridized carbons (Fsp3) is 0.211. The Morgan fingerprint density at radius 1 is 1.23 bits per heavy atom. The molecule has 0 bridgehead atoms. The predicted octanol–water partition coefficient (Wildman–Crippen LogP) is 3.35. The molecule has 0 radical (unpaired) electrons. The SMILES string of the molecule is Cc1ccc(-[n+]2noc([O-])c2SC(C)C(=O)Nc2ccccc2OC(F)(F)F)cc1. The van der Waals surface area contributed by atoms with Crippen LogP contribution in [0.3, 0.4) is 0 Å². The molecule has 3 rings (SSSR count). The second-order valence-electron chi connectivity index (χ2n) is 6.21. The molecule has 1 amide bonds. The number of hydrogen-bond donors (Lipinski definition) is 1. The number of amides is 1. The summed E-state index contributed by atoms with van der Waals surface area (Å²) in [5, 5.41) is 17.3. The summed E-state index contributed by atoms with van der Waals surface area (Å²) in [5.41, 5.74) is 1.42. The first kappa shape index (κ1) is 21.5. The number of aromatic nitrogens is 2. The molecule has 1 aromatic heterocycles. The van der Waals surface area contributed by atoms with Crippen molar-refractivity contribution in [3.8, 4) is 17.4 Å². The molecule has 0 saturated carbocycles. The van der Waals surface area contributed by atoms with Crippen LogP contribution in [0.4, 0.5) is 18.9 Å². The summed E-state index contributed by atoms with van der Waals surface area (Å²) < 4.78 is 47.5. The van der Waals surface area contributed by atoms with Gasteiger partial charge in [-0.2, -0.15) is 0 Å². The third-order valence-corrected chi connectivity index (χ3v) is 5.01. The average Bonchev–Trinajstić information content (AvgIpc) is 3.03. The van der Waals surface area contributed by atoms with Gasteiger partial charge in [0.05, 0.1) is 16.2 Å². The highest BCUT2D eigenvalue weighted by Crippen LogP contribution is 2.32. The van der Waals surface area contributed by atoms with Crippen LogP contribution in [0.25, 0.3) is 5.69 Å². The van der Waals surface area contributed by atoms with E-state index in [4.69, 9.17) is 4.52 Å². The topological polar surface area (TPSA) is 91.3 Å². The van der Waals surface area contributed by atoms with Crippen molar-refractivity contribution in [3.05, 3.63) is 54.1 Å². The lowest BCUT2D eigenvalue weighted by molar-refractivity contribution is -0.705. The van der Waals surface area contributed by atoms with Gasteiger partial charge >= 0.3 is 6.36 Å². The smallest absolute Gasteiger partial charge is 0.538 e. The number of thioether (sulfide) groups is 1. The normalized spacial score (nSPS) is 12.4. The molecule has 158 valence electrons. The number of rotatable bonds is 6. The van der Waals surface area contributed by atoms with Crippen molar-refractivity contribution < 1.29 is 37.0 Å². The van der Waals surface area contributed by atoms with Gasteiger partial charge in [0.2, 0.25) is 11.6 Å².